The molecule has 0 aromatic carbocycles. The van der Waals surface area contributed by atoms with E-state index in [1.54, 1.807) is 0 Å². The average molecular weight is 260 g/mol. The number of aromatic nitrogens is 1. The molecular formula is C14H16N2OS. The van der Waals surface area contributed by atoms with Crippen LogP contribution in [-0.2, 0) is 19.6 Å². The first-order chi connectivity index (χ1) is 8.76. The molecule has 0 saturated carbocycles. The minimum absolute atomic E-state index is 0.0773. The van der Waals surface area contributed by atoms with Gasteiger partial charge in [0.05, 0.1) is 6.61 Å². The van der Waals surface area contributed by atoms with Gasteiger partial charge in [0.1, 0.15) is 5.82 Å². The Bertz CT molecular complexity index is 565. The number of nitrogens with zero attached hydrogens (tertiary/aromatic N) is 2. The zero-order valence-corrected chi connectivity index (χ0v) is 11.2. The topological polar surface area (TPSA) is 36.4 Å². The number of thiophene rings is 1. The van der Waals surface area contributed by atoms with Crippen molar-refractivity contribution in [3.63, 3.8) is 0 Å². The molecule has 0 unspecified atom stereocenters. The van der Waals surface area contributed by atoms with Gasteiger partial charge in [0, 0.05) is 23.7 Å². The van der Waals surface area contributed by atoms with Crippen molar-refractivity contribution < 1.29 is 5.11 Å². The van der Waals surface area contributed by atoms with Crippen LogP contribution in [0.5, 0.6) is 0 Å². The molecular weight excluding hydrogens is 244 g/mol. The van der Waals surface area contributed by atoms with Gasteiger partial charge < -0.3 is 10.0 Å². The molecule has 0 radical (unpaired) electrons. The second-order valence-corrected chi connectivity index (χ2v) is 5.67. The quantitative estimate of drug-likeness (QED) is 0.901. The van der Waals surface area contributed by atoms with Crippen LogP contribution in [0, 0.1) is 6.92 Å². The molecule has 3 nitrogen and oxygen atoms in total. The smallest absolute Gasteiger partial charge is 0.129 e. The van der Waals surface area contributed by atoms with Crippen LogP contribution in [0.2, 0.25) is 0 Å². The van der Waals surface area contributed by atoms with Gasteiger partial charge in [-0.3, -0.25) is 0 Å². The molecule has 94 valence electrons. The number of aryl methyl sites for hydroxylation is 1. The van der Waals surface area contributed by atoms with Crippen LogP contribution in [-0.4, -0.2) is 16.6 Å². The number of fused-ring (bicyclic) bond motifs is 1. The molecule has 4 heteroatoms. The van der Waals surface area contributed by atoms with Gasteiger partial charge in [-0.2, -0.15) is 0 Å². The Hall–Kier alpha value is -1.39. The van der Waals surface area contributed by atoms with Crippen LogP contribution >= 0.6 is 11.3 Å². The Morgan fingerprint density at radius 3 is 3.17 bits per heavy atom. The van der Waals surface area contributed by atoms with Gasteiger partial charge in [-0.05, 0) is 48.1 Å². The summed E-state index contributed by atoms with van der Waals surface area (Å²) in [5.41, 5.74) is 3.32. The standard InChI is InChI=1S/C14H16N2OS/c1-10-6-11(9-17)7-14(15-10)16-4-2-13-12(8-16)3-5-18-13/h3,5-7,17H,2,4,8-9H2,1H3. The first kappa shape index (κ1) is 11.7. The number of anilines is 1. The molecule has 18 heavy (non-hydrogen) atoms. The van der Waals surface area contributed by atoms with Crippen LogP contribution in [0.3, 0.4) is 0 Å². The van der Waals surface area contributed by atoms with Crippen LogP contribution in [0.4, 0.5) is 5.82 Å². The van der Waals surface area contributed by atoms with E-state index in [2.05, 4.69) is 21.3 Å². The number of rotatable bonds is 2. The summed E-state index contributed by atoms with van der Waals surface area (Å²) < 4.78 is 0. The highest BCUT2D eigenvalue weighted by atomic mass is 32.1. The summed E-state index contributed by atoms with van der Waals surface area (Å²) in [6.45, 7) is 3.99. The SMILES string of the molecule is Cc1cc(CO)cc(N2CCc3sccc3C2)n1. The summed E-state index contributed by atoms with van der Waals surface area (Å²) in [6, 6.07) is 6.13. The van der Waals surface area contributed by atoms with E-state index in [1.807, 2.05) is 30.4 Å². The lowest BCUT2D eigenvalue weighted by Crippen LogP contribution is -2.30. The molecule has 0 amide bonds. The van der Waals surface area contributed by atoms with Crippen LogP contribution in [0.1, 0.15) is 21.7 Å². The third kappa shape index (κ3) is 2.13. The average Bonchev–Trinajstić information content (AvgIpc) is 2.85. The van der Waals surface area contributed by atoms with Crippen molar-refractivity contribution in [2.45, 2.75) is 26.5 Å². The summed E-state index contributed by atoms with van der Waals surface area (Å²) in [5.74, 6) is 0.982. The van der Waals surface area contributed by atoms with E-state index in [1.165, 1.54) is 10.4 Å². The monoisotopic (exact) mass is 260 g/mol. The van der Waals surface area contributed by atoms with Crippen LogP contribution in [0.15, 0.2) is 23.6 Å². The van der Waals surface area contributed by atoms with Crippen LogP contribution in [0.25, 0.3) is 0 Å². The van der Waals surface area contributed by atoms with Gasteiger partial charge in [-0.25, -0.2) is 4.98 Å². The zero-order valence-electron chi connectivity index (χ0n) is 10.4. The van der Waals surface area contributed by atoms with Crippen molar-refractivity contribution in [3.05, 3.63) is 45.3 Å². The molecule has 3 rings (SSSR count). The maximum Gasteiger partial charge on any atom is 0.129 e. The molecule has 2 aromatic rings. The second kappa shape index (κ2) is 4.71. The summed E-state index contributed by atoms with van der Waals surface area (Å²) >= 11 is 1.85. The lowest BCUT2D eigenvalue weighted by Gasteiger charge is -2.28. The lowest BCUT2D eigenvalue weighted by atomic mass is 10.1. The molecule has 3 heterocycles. The molecule has 0 spiro atoms. The molecule has 0 saturated heterocycles. The Morgan fingerprint density at radius 2 is 2.33 bits per heavy atom. The van der Waals surface area contributed by atoms with Crippen molar-refractivity contribution in [3.8, 4) is 0 Å². The summed E-state index contributed by atoms with van der Waals surface area (Å²) in [4.78, 5) is 8.38. The van der Waals surface area contributed by atoms with Gasteiger partial charge in [0.15, 0.2) is 0 Å². The fourth-order valence-corrected chi connectivity index (χ4v) is 3.31. The number of aliphatic hydroxyl groups excluding tert-OH is 1. The fourth-order valence-electron chi connectivity index (χ4n) is 2.42. The molecule has 1 aliphatic rings. The van der Waals surface area contributed by atoms with E-state index in [0.717, 1.165) is 36.6 Å². The summed E-state index contributed by atoms with van der Waals surface area (Å²) in [6.07, 6.45) is 1.09. The van der Waals surface area contributed by atoms with Gasteiger partial charge in [0.25, 0.3) is 0 Å². The van der Waals surface area contributed by atoms with E-state index in [9.17, 15) is 5.11 Å². The molecule has 0 atom stereocenters. The van der Waals surface area contributed by atoms with E-state index < -0.39 is 0 Å². The van der Waals surface area contributed by atoms with E-state index in [0.29, 0.717) is 0 Å². The first-order valence-corrected chi connectivity index (χ1v) is 7.03. The van der Waals surface area contributed by atoms with E-state index in [4.69, 9.17) is 0 Å². The van der Waals surface area contributed by atoms with Crippen molar-refractivity contribution in [1.82, 2.24) is 4.98 Å². The van der Waals surface area contributed by atoms with Gasteiger partial charge in [-0.15, -0.1) is 11.3 Å². The predicted octanol–water partition coefficient (Wildman–Crippen LogP) is 2.51. The highest BCUT2D eigenvalue weighted by Crippen LogP contribution is 2.27. The maximum atomic E-state index is 9.26. The molecule has 0 aliphatic carbocycles. The Kier molecular flexibility index (Phi) is 3.06. The summed E-state index contributed by atoms with van der Waals surface area (Å²) in [7, 11) is 0. The molecule has 0 bridgehead atoms. The highest BCUT2D eigenvalue weighted by molar-refractivity contribution is 7.10. The molecule has 1 aliphatic heterocycles. The summed E-state index contributed by atoms with van der Waals surface area (Å²) in [5, 5.41) is 11.4. The second-order valence-electron chi connectivity index (χ2n) is 4.67. The van der Waals surface area contributed by atoms with Crippen molar-refractivity contribution in [1.29, 1.82) is 0 Å². The molecule has 1 N–H and O–H groups in total. The molecule has 0 fully saturated rings. The van der Waals surface area contributed by atoms with Gasteiger partial charge in [-0.1, -0.05) is 0 Å². The number of aliphatic hydroxyl groups is 1. The van der Waals surface area contributed by atoms with Crippen molar-refractivity contribution in [2.24, 2.45) is 0 Å². The number of hydrogen-bond donors (Lipinski definition) is 1. The van der Waals surface area contributed by atoms with Crippen molar-refractivity contribution in [2.75, 3.05) is 11.4 Å². The maximum absolute atomic E-state index is 9.26. The Morgan fingerprint density at radius 1 is 1.44 bits per heavy atom. The third-order valence-electron chi connectivity index (χ3n) is 3.31. The Balaban J connectivity index is 1.90. The predicted molar refractivity (Wildman–Crippen MR) is 74.0 cm³/mol. The van der Waals surface area contributed by atoms with Crippen LogP contribution < -0.4 is 4.90 Å². The van der Waals surface area contributed by atoms with Gasteiger partial charge >= 0.3 is 0 Å². The zero-order chi connectivity index (χ0) is 12.5. The molecule has 2 aromatic heterocycles. The third-order valence-corrected chi connectivity index (χ3v) is 4.34. The first-order valence-electron chi connectivity index (χ1n) is 6.15. The Labute approximate surface area is 111 Å². The number of pyridine rings is 1. The fraction of sp³-hybridized carbons (Fsp3) is 0.357. The highest BCUT2D eigenvalue weighted by Gasteiger charge is 2.18. The minimum atomic E-state index is 0.0773. The van der Waals surface area contributed by atoms with E-state index in [-0.39, 0.29) is 6.61 Å². The lowest BCUT2D eigenvalue weighted by molar-refractivity contribution is 0.281. The number of hydrogen-bond acceptors (Lipinski definition) is 4. The van der Waals surface area contributed by atoms with E-state index >= 15 is 0 Å². The van der Waals surface area contributed by atoms with Gasteiger partial charge in [0.2, 0.25) is 0 Å². The minimum Gasteiger partial charge on any atom is -0.392 e. The van der Waals surface area contributed by atoms with Crippen molar-refractivity contribution >= 4 is 17.2 Å². The largest absolute Gasteiger partial charge is 0.392 e. The normalized spacial score (nSPS) is 14.7.